The second-order valence-electron chi connectivity index (χ2n) is 20.8. The van der Waals surface area contributed by atoms with Crippen molar-refractivity contribution in [1.29, 1.82) is 0 Å². The molecule has 0 aliphatic carbocycles. The van der Waals surface area contributed by atoms with Crippen LogP contribution in [0.2, 0.25) is 0 Å². The first-order valence-electron chi connectivity index (χ1n) is 30.9. The smallest absolute Gasteiger partial charge is 0.306 e. The molecule has 1 aliphatic rings. The third kappa shape index (κ3) is 41.1. The number of hydrogen-bond donors (Lipinski definition) is 6. The van der Waals surface area contributed by atoms with Gasteiger partial charge in [-0.3, -0.25) is 9.59 Å². The Morgan fingerprint density at radius 3 is 1.54 bits per heavy atom. The number of nitrogens with one attached hydrogen (secondary N) is 1. The Bertz CT molecular complexity index is 1730. The van der Waals surface area contributed by atoms with Gasteiger partial charge in [-0.1, -0.05) is 251 Å². The standard InChI is InChI=1S/C67H111NO10/c1-4-7-10-13-16-19-22-25-26-27-28-29-30-31-32-33-34-35-37-39-42-45-48-51-54-60(71)66(75)68-58(59(70)53-50-47-44-41-38-24-21-18-15-12-9-6-3)57-76-67-65(64(74)63(73)61(56-69)77-67)78-62(72)55-52-49-46-43-40-36-23-20-17-14-11-8-5-2/h7-8,10-11,14,16-17,19-20,23,25-26,28-29,31-32,36,40,50,53,58-61,63-65,67,69-71,73-74H,4-6,9,12-13,15,18,21-22,24,27,30,33-35,37-39,41-49,51-52,54-57H2,1-3H3,(H,68,75)/b10-7-,11-8+,17-14+,19-16-,23-20-,26-25-,29-28-,32-31-,40-36-,53-50+. The highest BCUT2D eigenvalue weighted by Gasteiger charge is 2.47. The third-order valence-electron chi connectivity index (χ3n) is 13.7. The number of carbonyl (C=O) groups is 2. The summed E-state index contributed by atoms with van der Waals surface area (Å²) in [6.45, 7) is 5.49. The number of rotatable bonds is 50. The van der Waals surface area contributed by atoms with Crippen molar-refractivity contribution < 1.29 is 49.3 Å². The fraction of sp³-hybridized carbons (Fsp3) is 0.672. The molecule has 0 bridgehead atoms. The van der Waals surface area contributed by atoms with E-state index < -0.39 is 67.4 Å². The van der Waals surface area contributed by atoms with Crippen molar-refractivity contribution in [3.8, 4) is 0 Å². The Hall–Kier alpha value is -3.94. The van der Waals surface area contributed by atoms with Gasteiger partial charge in [0.15, 0.2) is 12.4 Å². The molecule has 1 fully saturated rings. The van der Waals surface area contributed by atoms with E-state index in [1.165, 1.54) is 64.2 Å². The zero-order valence-corrected chi connectivity index (χ0v) is 49.0. The van der Waals surface area contributed by atoms with E-state index in [-0.39, 0.29) is 19.4 Å². The van der Waals surface area contributed by atoms with E-state index in [9.17, 15) is 35.1 Å². The lowest BCUT2D eigenvalue weighted by Crippen LogP contribution is -2.61. The second kappa shape index (κ2) is 53.7. The van der Waals surface area contributed by atoms with Gasteiger partial charge in [-0.15, -0.1) is 0 Å². The molecule has 0 aromatic heterocycles. The van der Waals surface area contributed by atoms with Gasteiger partial charge in [-0.25, -0.2) is 0 Å². The number of esters is 1. The summed E-state index contributed by atoms with van der Waals surface area (Å²) >= 11 is 0. The molecule has 1 aliphatic heterocycles. The summed E-state index contributed by atoms with van der Waals surface area (Å²) in [5, 5.41) is 56.9. The van der Waals surface area contributed by atoms with E-state index >= 15 is 0 Å². The lowest BCUT2D eigenvalue weighted by Gasteiger charge is -2.41. The number of allylic oxidation sites excluding steroid dienone is 19. The van der Waals surface area contributed by atoms with E-state index in [1.54, 1.807) is 6.08 Å². The SMILES string of the molecule is CC/C=C\C/C=C\C/C=C\C/C=C\C/C=C\CCCCCCCCCCC(O)C(=O)NC(COC1OC(CO)C(O)C(O)C1OC(=O)CCCCC\C=C/C=C\C=C\C=C\CC)C(O)/C=C/CCCCCCCCCCCC. The predicted molar refractivity (Wildman–Crippen MR) is 324 cm³/mol. The molecule has 1 rings (SSSR count). The summed E-state index contributed by atoms with van der Waals surface area (Å²) in [6.07, 6.45) is 63.9. The number of aliphatic hydroxyl groups is 5. The molecular weight excluding hydrogens is 979 g/mol. The first kappa shape index (κ1) is 72.1. The Balaban J connectivity index is 2.67. The Morgan fingerprint density at radius 2 is 0.987 bits per heavy atom. The van der Waals surface area contributed by atoms with E-state index in [2.05, 4.69) is 99.0 Å². The molecule has 11 heteroatoms. The molecule has 8 unspecified atom stereocenters. The fourth-order valence-corrected chi connectivity index (χ4v) is 8.86. The van der Waals surface area contributed by atoms with Gasteiger partial charge in [0.1, 0.15) is 24.4 Å². The average Bonchev–Trinajstić information content (AvgIpc) is 3.45. The minimum Gasteiger partial charge on any atom is -0.454 e. The molecule has 78 heavy (non-hydrogen) atoms. The van der Waals surface area contributed by atoms with Crippen LogP contribution in [0.1, 0.15) is 226 Å². The monoisotopic (exact) mass is 1090 g/mol. The number of hydrogen-bond acceptors (Lipinski definition) is 10. The number of ether oxygens (including phenoxy) is 3. The van der Waals surface area contributed by atoms with Crippen LogP contribution in [0.15, 0.2) is 122 Å². The normalized spacial score (nSPS) is 19.8. The average molecular weight is 1090 g/mol. The van der Waals surface area contributed by atoms with Crippen LogP contribution in [-0.4, -0.2) is 99.6 Å². The highest BCUT2D eigenvalue weighted by atomic mass is 16.7. The maximum Gasteiger partial charge on any atom is 0.306 e. The van der Waals surface area contributed by atoms with Gasteiger partial charge < -0.3 is 45.1 Å². The minimum absolute atomic E-state index is 0.0707. The Kier molecular flexibility index (Phi) is 49.6. The van der Waals surface area contributed by atoms with Crippen molar-refractivity contribution in [3.63, 3.8) is 0 Å². The molecule has 1 amide bonds. The molecule has 1 saturated heterocycles. The number of carbonyl (C=O) groups excluding carboxylic acids is 2. The molecule has 0 aromatic rings. The van der Waals surface area contributed by atoms with Crippen LogP contribution < -0.4 is 5.32 Å². The van der Waals surface area contributed by atoms with Gasteiger partial charge in [-0.05, 0) is 89.9 Å². The largest absolute Gasteiger partial charge is 0.454 e. The lowest BCUT2D eigenvalue weighted by atomic mass is 9.99. The molecule has 6 N–H and O–H groups in total. The van der Waals surface area contributed by atoms with Crippen LogP contribution in [0, 0.1) is 0 Å². The first-order chi connectivity index (χ1) is 38.2. The molecule has 0 spiro atoms. The quantitative estimate of drug-likeness (QED) is 0.0149. The molecule has 8 atom stereocenters. The van der Waals surface area contributed by atoms with Crippen LogP contribution in [0.3, 0.4) is 0 Å². The van der Waals surface area contributed by atoms with E-state index in [1.807, 2.05) is 42.5 Å². The maximum atomic E-state index is 13.4. The highest BCUT2D eigenvalue weighted by Crippen LogP contribution is 2.26. The summed E-state index contributed by atoms with van der Waals surface area (Å²) in [5.74, 6) is -1.25. The van der Waals surface area contributed by atoms with Gasteiger partial charge in [0.05, 0.1) is 25.4 Å². The lowest BCUT2D eigenvalue weighted by molar-refractivity contribution is -0.305. The molecule has 1 heterocycles. The van der Waals surface area contributed by atoms with Crippen LogP contribution in [-0.2, 0) is 23.8 Å². The topological polar surface area (TPSA) is 175 Å². The number of aliphatic hydroxyl groups excluding tert-OH is 5. The molecular formula is C67H111NO10. The van der Waals surface area contributed by atoms with E-state index in [0.717, 1.165) is 116 Å². The minimum atomic E-state index is -1.64. The van der Waals surface area contributed by atoms with Crippen molar-refractivity contribution in [3.05, 3.63) is 122 Å². The summed E-state index contributed by atoms with van der Waals surface area (Å²) in [7, 11) is 0. The fourth-order valence-electron chi connectivity index (χ4n) is 8.86. The van der Waals surface area contributed by atoms with Gasteiger partial charge in [0.2, 0.25) is 5.91 Å². The zero-order chi connectivity index (χ0) is 56.8. The van der Waals surface area contributed by atoms with Crippen molar-refractivity contribution in [2.24, 2.45) is 0 Å². The molecule has 0 aromatic carbocycles. The van der Waals surface area contributed by atoms with Gasteiger partial charge in [0.25, 0.3) is 0 Å². The summed E-state index contributed by atoms with van der Waals surface area (Å²) < 4.78 is 17.5. The first-order valence-corrected chi connectivity index (χ1v) is 30.9. The highest BCUT2D eigenvalue weighted by molar-refractivity contribution is 5.80. The third-order valence-corrected chi connectivity index (χ3v) is 13.7. The maximum absolute atomic E-state index is 13.4. The van der Waals surface area contributed by atoms with Crippen molar-refractivity contribution in [2.45, 2.75) is 275 Å². The number of amides is 1. The van der Waals surface area contributed by atoms with Crippen molar-refractivity contribution in [1.82, 2.24) is 5.32 Å². The molecule has 444 valence electrons. The summed E-state index contributed by atoms with van der Waals surface area (Å²) in [4.78, 5) is 26.5. The van der Waals surface area contributed by atoms with Crippen LogP contribution in [0.5, 0.6) is 0 Å². The predicted octanol–water partition coefficient (Wildman–Crippen LogP) is 14.7. The second-order valence-corrected chi connectivity index (χ2v) is 20.8. The van der Waals surface area contributed by atoms with Gasteiger partial charge in [0, 0.05) is 6.42 Å². The van der Waals surface area contributed by atoms with Crippen molar-refractivity contribution >= 4 is 11.9 Å². The van der Waals surface area contributed by atoms with Crippen molar-refractivity contribution in [2.75, 3.05) is 13.2 Å². The Labute approximate surface area is 474 Å². The van der Waals surface area contributed by atoms with E-state index in [0.29, 0.717) is 12.8 Å². The Morgan fingerprint density at radius 1 is 0.526 bits per heavy atom. The van der Waals surface area contributed by atoms with E-state index in [4.69, 9.17) is 14.2 Å². The molecule has 11 nitrogen and oxygen atoms in total. The van der Waals surface area contributed by atoms with Crippen LogP contribution in [0.25, 0.3) is 0 Å². The molecule has 0 saturated carbocycles. The van der Waals surface area contributed by atoms with Crippen LogP contribution in [0.4, 0.5) is 0 Å². The van der Waals surface area contributed by atoms with Gasteiger partial charge >= 0.3 is 5.97 Å². The zero-order valence-electron chi connectivity index (χ0n) is 49.0. The summed E-state index contributed by atoms with van der Waals surface area (Å²) in [6, 6.07) is -1.04. The summed E-state index contributed by atoms with van der Waals surface area (Å²) in [5.41, 5.74) is 0. The van der Waals surface area contributed by atoms with Gasteiger partial charge in [-0.2, -0.15) is 0 Å². The van der Waals surface area contributed by atoms with Crippen LogP contribution >= 0.6 is 0 Å². The molecule has 0 radical (unpaired) electrons. The number of unbranched alkanes of at least 4 members (excludes halogenated alkanes) is 21.